The zero-order chi connectivity index (χ0) is 14.8. The Balaban J connectivity index is 1.69. The van der Waals surface area contributed by atoms with Crippen molar-refractivity contribution in [3.63, 3.8) is 0 Å². The second kappa shape index (κ2) is 5.95. The maximum absolute atomic E-state index is 4.42. The highest BCUT2D eigenvalue weighted by atomic mass is 79.9. The van der Waals surface area contributed by atoms with Gasteiger partial charge in [-0.05, 0) is 31.5 Å². The molecule has 0 unspecified atom stereocenters. The van der Waals surface area contributed by atoms with Crippen LogP contribution in [0.3, 0.4) is 0 Å². The first-order valence-electron chi connectivity index (χ1n) is 6.91. The molecule has 0 spiro atoms. The Kier molecular flexibility index (Phi) is 4.03. The molecule has 1 aromatic carbocycles. The molecule has 0 aliphatic rings. The average molecular weight is 345 g/mol. The molecule has 1 atom stereocenters. The Morgan fingerprint density at radius 2 is 2.05 bits per heavy atom. The average Bonchev–Trinajstić information content (AvgIpc) is 2.84. The van der Waals surface area contributed by atoms with Gasteiger partial charge in [0.15, 0.2) is 5.65 Å². The van der Waals surface area contributed by atoms with Crippen molar-refractivity contribution in [2.45, 2.75) is 26.4 Å². The van der Waals surface area contributed by atoms with Crippen LogP contribution in [0.1, 0.15) is 29.8 Å². The number of nitrogens with one attached hydrogen (secondary N) is 1. The number of fused-ring (bicyclic) bond motifs is 1. The van der Waals surface area contributed by atoms with E-state index in [1.165, 1.54) is 5.56 Å². The lowest BCUT2D eigenvalue weighted by atomic mass is 10.1. The van der Waals surface area contributed by atoms with Crippen molar-refractivity contribution < 1.29 is 0 Å². The van der Waals surface area contributed by atoms with Gasteiger partial charge in [0.1, 0.15) is 0 Å². The van der Waals surface area contributed by atoms with Gasteiger partial charge in [-0.2, -0.15) is 5.10 Å². The van der Waals surface area contributed by atoms with Crippen LogP contribution >= 0.6 is 15.9 Å². The molecule has 0 saturated carbocycles. The van der Waals surface area contributed by atoms with E-state index in [1.807, 2.05) is 29.9 Å². The van der Waals surface area contributed by atoms with Crippen molar-refractivity contribution in [3.8, 4) is 0 Å². The number of hydrogen-bond donors (Lipinski definition) is 1. The van der Waals surface area contributed by atoms with E-state index in [2.05, 4.69) is 62.5 Å². The molecule has 0 fully saturated rings. The smallest absolute Gasteiger partial charge is 0.155 e. The minimum Gasteiger partial charge on any atom is -0.306 e. The fourth-order valence-electron chi connectivity index (χ4n) is 2.27. The van der Waals surface area contributed by atoms with Gasteiger partial charge in [-0.15, -0.1) is 0 Å². The van der Waals surface area contributed by atoms with Crippen LogP contribution in [0.25, 0.3) is 5.65 Å². The Morgan fingerprint density at radius 3 is 2.81 bits per heavy atom. The molecule has 3 aromatic rings. The van der Waals surface area contributed by atoms with Crippen molar-refractivity contribution >= 4 is 21.6 Å². The molecule has 0 bridgehead atoms. The first-order chi connectivity index (χ1) is 10.1. The molecule has 5 heteroatoms. The van der Waals surface area contributed by atoms with E-state index in [1.54, 1.807) is 0 Å². The fraction of sp³-hybridized carbons (Fsp3) is 0.250. The quantitative estimate of drug-likeness (QED) is 0.785. The van der Waals surface area contributed by atoms with Crippen molar-refractivity contribution in [3.05, 3.63) is 64.0 Å². The fourth-order valence-corrected chi connectivity index (χ4v) is 2.53. The summed E-state index contributed by atoms with van der Waals surface area (Å²) in [4.78, 5) is 4.42. The van der Waals surface area contributed by atoms with Gasteiger partial charge in [0.05, 0.1) is 5.69 Å². The van der Waals surface area contributed by atoms with Crippen LogP contribution in [0.2, 0.25) is 0 Å². The zero-order valence-corrected chi connectivity index (χ0v) is 13.6. The second-order valence-corrected chi connectivity index (χ2v) is 6.12. The van der Waals surface area contributed by atoms with Gasteiger partial charge in [-0.25, -0.2) is 9.50 Å². The predicted octanol–water partition coefficient (Wildman–Crippen LogP) is 3.65. The number of hydrogen-bond acceptors (Lipinski definition) is 3. The Morgan fingerprint density at radius 1 is 1.29 bits per heavy atom. The van der Waals surface area contributed by atoms with E-state index < -0.39 is 0 Å². The van der Waals surface area contributed by atoms with E-state index in [0.717, 1.165) is 27.9 Å². The van der Waals surface area contributed by atoms with E-state index in [9.17, 15) is 0 Å². The van der Waals surface area contributed by atoms with Crippen LogP contribution in [-0.4, -0.2) is 14.6 Å². The zero-order valence-electron chi connectivity index (χ0n) is 12.0. The molecule has 0 saturated heterocycles. The summed E-state index contributed by atoms with van der Waals surface area (Å²) in [6.07, 6.45) is 3.92. The molecule has 0 radical (unpaired) electrons. The highest BCUT2D eigenvalue weighted by Crippen LogP contribution is 2.17. The molecular weight excluding hydrogens is 328 g/mol. The molecule has 3 rings (SSSR count). The molecule has 1 N–H and O–H groups in total. The van der Waals surface area contributed by atoms with Crippen LogP contribution in [0, 0.1) is 6.92 Å². The molecule has 4 nitrogen and oxygen atoms in total. The summed E-state index contributed by atoms with van der Waals surface area (Å²) >= 11 is 3.46. The number of rotatable bonds is 4. The summed E-state index contributed by atoms with van der Waals surface area (Å²) in [6.45, 7) is 4.90. The van der Waals surface area contributed by atoms with Crippen LogP contribution < -0.4 is 5.32 Å². The normalized spacial score (nSPS) is 12.7. The summed E-state index contributed by atoms with van der Waals surface area (Å²) in [5.41, 5.74) is 4.25. The second-order valence-electron chi connectivity index (χ2n) is 5.20. The molecule has 21 heavy (non-hydrogen) atoms. The number of halogens is 1. The van der Waals surface area contributed by atoms with Gasteiger partial charge < -0.3 is 5.32 Å². The first-order valence-corrected chi connectivity index (χ1v) is 7.71. The highest BCUT2D eigenvalue weighted by Gasteiger charge is 2.06. The van der Waals surface area contributed by atoms with Gasteiger partial charge in [0, 0.05) is 41.1 Å². The number of aryl methyl sites for hydroxylation is 1. The lowest BCUT2D eigenvalue weighted by Gasteiger charge is -2.14. The summed E-state index contributed by atoms with van der Waals surface area (Å²) < 4.78 is 2.93. The largest absolute Gasteiger partial charge is 0.306 e. The Labute approximate surface area is 132 Å². The van der Waals surface area contributed by atoms with E-state index in [4.69, 9.17) is 0 Å². The summed E-state index contributed by atoms with van der Waals surface area (Å²) in [5, 5.41) is 7.90. The molecule has 0 amide bonds. The van der Waals surface area contributed by atoms with Crippen LogP contribution in [-0.2, 0) is 6.54 Å². The highest BCUT2D eigenvalue weighted by molar-refractivity contribution is 9.10. The summed E-state index contributed by atoms with van der Waals surface area (Å²) in [5.74, 6) is 0. The molecule has 0 aliphatic carbocycles. The van der Waals surface area contributed by atoms with Crippen molar-refractivity contribution in [2.75, 3.05) is 0 Å². The minimum atomic E-state index is 0.285. The SMILES string of the molecule is Cc1cc2ncc(CN[C@H](C)c3ccc(Br)cc3)cn2n1. The maximum Gasteiger partial charge on any atom is 0.155 e. The van der Waals surface area contributed by atoms with Gasteiger partial charge in [-0.1, -0.05) is 28.1 Å². The van der Waals surface area contributed by atoms with Crippen LogP contribution in [0.15, 0.2) is 47.2 Å². The van der Waals surface area contributed by atoms with E-state index in [0.29, 0.717) is 0 Å². The minimum absolute atomic E-state index is 0.285. The lowest BCUT2D eigenvalue weighted by molar-refractivity contribution is 0.572. The molecule has 0 aliphatic heterocycles. The summed E-state index contributed by atoms with van der Waals surface area (Å²) in [6, 6.07) is 10.6. The van der Waals surface area contributed by atoms with Gasteiger partial charge in [-0.3, -0.25) is 0 Å². The number of aromatic nitrogens is 3. The van der Waals surface area contributed by atoms with Crippen molar-refractivity contribution in [1.82, 2.24) is 19.9 Å². The van der Waals surface area contributed by atoms with E-state index in [-0.39, 0.29) is 6.04 Å². The molecule has 2 heterocycles. The molecule has 2 aromatic heterocycles. The Bertz CT molecular complexity index is 749. The van der Waals surface area contributed by atoms with Gasteiger partial charge in [0.25, 0.3) is 0 Å². The maximum atomic E-state index is 4.42. The molecule has 108 valence electrons. The predicted molar refractivity (Wildman–Crippen MR) is 87.1 cm³/mol. The van der Waals surface area contributed by atoms with Gasteiger partial charge >= 0.3 is 0 Å². The van der Waals surface area contributed by atoms with Crippen molar-refractivity contribution in [2.24, 2.45) is 0 Å². The topological polar surface area (TPSA) is 42.2 Å². The van der Waals surface area contributed by atoms with Crippen molar-refractivity contribution in [1.29, 1.82) is 0 Å². The van der Waals surface area contributed by atoms with Gasteiger partial charge in [0.2, 0.25) is 0 Å². The lowest BCUT2D eigenvalue weighted by Crippen LogP contribution is -2.18. The monoisotopic (exact) mass is 344 g/mol. The van der Waals surface area contributed by atoms with E-state index >= 15 is 0 Å². The third-order valence-corrected chi connectivity index (χ3v) is 4.00. The third-order valence-electron chi connectivity index (χ3n) is 3.47. The Hall–Kier alpha value is -1.72. The molecular formula is C16H17BrN4. The third kappa shape index (κ3) is 3.31. The first kappa shape index (κ1) is 14.2. The standard InChI is InChI=1S/C16H17BrN4/c1-11-7-16-19-9-13(10-21(16)20-11)8-18-12(2)14-3-5-15(17)6-4-14/h3-7,9-10,12,18H,8H2,1-2H3/t12-/m1/s1. The van der Waals surface area contributed by atoms with Crippen LogP contribution in [0.4, 0.5) is 0 Å². The number of nitrogens with zero attached hydrogens (tertiary/aromatic N) is 3. The van der Waals surface area contributed by atoms with Crippen LogP contribution in [0.5, 0.6) is 0 Å². The number of benzene rings is 1. The summed E-state index contributed by atoms with van der Waals surface area (Å²) in [7, 11) is 0.